The molecule has 0 aliphatic rings. The molecule has 0 aliphatic heterocycles. The van der Waals surface area contributed by atoms with Crippen LogP contribution in [0.5, 0.6) is 0 Å². The average Bonchev–Trinajstić information content (AvgIpc) is 2.07. The molecule has 0 N–H and O–H groups in total. The van der Waals surface area contributed by atoms with E-state index in [2.05, 4.69) is 10.2 Å². The van der Waals surface area contributed by atoms with Gasteiger partial charge in [0.05, 0.1) is 12.4 Å². The zero-order valence-electron chi connectivity index (χ0n) is 6.58. The molecule has 0 spiro atoms. The topological polar surface area (TPSA) is 25.8 Å². The molecule has 0 bridgehead atoms. The van der Waals surface area contributed by atoms with Gasteiger partial charge in [0, 0.05) is 15.8 Å². The fourth-order valence-electron chi connectivity index (χ4n) is 1.13. The van der Waals surface area contributed by atoms with Gasteiger partial charge in [0.25, 0.3) is 0 Å². The monoisotopic (exact) mass is 178 g/mol. The third-order valence-corrected chi connectivity index (χ3v) is 2.23. The molecule has 2 rings (SSSR count). The minimum Gasteiger partial charge on any atom is -0.158 e. The summed E-state index contributed by atoms with van der Waals surface area (Å²) in [5.41, 5.74) is 1.07. The molecule has 1 aromatic carbocycles. The van der Waals surface area contributed by atoms with Gasteiger partial charge in [-0.05, 0) is 24.6 Å². The highest BCUT2D eigenvalue weighted by Crippen LogP contribution is 2.21. The molecular weight excluding hydrogens is 172 g/mol. The smallest absolute Gasteiger partial charge is 0.0575 e. The molecule has 12 heavy (non-hydrogen) atoms. The van der Waals surface area contributed by atoms with E-state index in [0.29, 0.717) is 0 Å². The predicted octanol–water partition coefficient (Wildman–Crippen LogP) is 2.59. The number of halogens is 1. The zero-order valence-corrected chi connectivity index (χ0v) is 7.34. The molecule has 1 aromatic heterocycles. The summed E-state index contributed by atoms with van der Waals surface area (Å²) in [7, 11) is 0. The van der Waals surface area contributed by atoms with Crippen molar-refractivity contribution in [1.82, 2.24) is 10.2 Å². The van der Waals surface area contributed by atoms with E-state index in [0.717, 1.165) is 21.4 Å². The lowest BCUT2D eigenvalue weighted by Gasteiger charge is -1.99. The maximum atomic E-state index is 5.94. The van der Waals surface area contributed by atoms with Gasteiger partial charge >= 0.3 is 0 Å². The van der Waals surface area contributed by atoms with Crippen LogP contribution < -0.4 is 0 Å². The Kier molecular flexibility index (Phi) is 1.70. The molecule has 0 aliphatic carbocycles. The standard InChI is InChI=1S/C9H7ClN2/c1-6-2-7-4-11-12-5-8(7)3-9(6)10/h2-5H,1H3. The first-order valence-electron chi connectivity index (χ1n) is 3.64. The van der Waals surface area contributed by atoms with Crippen molar-refractivity contribution in [3.63, 3.8) is 0 Å². The zero-order chi connectivity index (χ0) is 8.55. The van der Waals surface area contributed by atoms with Crippen molar-refractivity contribution in [2.24, 2.45) is 0 Å². The van der Waals surface area contributed by atoms with Crippen LogP contribution in [0.4, 0.5) is 0 Å². The third-order valence-electron chi connectivity index (χ3n) is 1.82. The Balaban J connectivity index is 2.84. The summed E-state index contributed by atoms with van der Waals surface area (Å²) in [6.07, 6.45) is 3.44. The van der Waals surface area contributed by atoms with Crippen LogP contribution in [0.3, 0.4) is 0 Å². The van der Waals surface area contributed by atoms with E-state index in [1.807, 2.05) is 19.1 Å². The van der Waals surface area contributed by atoms with Crippen LogP contribution in [0.2, 0.25) is 5.02 Å². The number of hydrogen-bond acceptors (Lipinski definition) is 2. The van der Waals surface area contributed by atoms with Crippen molar-refractivity contribution in [2.75, 3.05) is 0 Å². The summed E-state index contributed by atoms with van der Waals surface area (Å²) in [6.45, 7) is 1.97. The van der Waals surface area contributed by atoms with Crippen LogP contribution in [0.25, 0.3) is 10.8 Å². The summed E-state index contributed by atoms with van der Waals surface area (Å²) < 4.78 is 0. The van der Waals surface area contributed by atoms with Gasteiger partial charge < -0.3 is 0 Å². The Morgan fingerprint density at radius 3 is 2.33 bits per heavy atom. The molecule has 1 heterocycles. The van der Waals surface area contributed by atoms with Gasteiger partial charge in [0.15, 0.2) is 0 Å². The molecule has 0 fully saturated rings. The van der Waals surface area contributed by atoms with Crippen LogP contribution >= 0.6 is 11.6 Å². The highest BCUT2D eigenvalue weighted by Gasteiger charge is 1.98. The second-order valence-corrected chi connectivity index (χ2v) is 3.13. The second kappa shape index (κ2) is 2.72. The quantitative estimate of drug-likeness (QED) is 0.620. The van der Waals surface area contributed by atoms with Crippen molar-refractivity contribution in [2.45, 2.75) is 6.92 Å². The van der Waals surface area contributed by atoms with Gasteiger partial charge in [-0.25, -0.2) is 0 Å². The number of rotatable bonds is 0. The minimum atomic E-state index is 0.774. The molecular formula is C9H7ClN2. The predicted molar refractivity (Wildman–Crippen MR) is 49.3 cm³/mol. The van der Waals surface area contributed by atoms with E-state index in [1.54, 1.807) is 12.4 Å². The molecule has 0 radical (unpaired) electrons. The minimum absolute atomic E-state index is 0.774. The Morgan fingerprint density at radius 2 is 1.67 bits per heavy atom. The molecule has 0 unspecified atom stereocenters. The molecule has 3 heteroatoms. The highest BCUT2D eigenvalue weighted by atomic mass is 35.5. The van der Waals surface area contributed by atoms with Crippen LogP contribution in [-0.4, -0.2) is 10.2 Å². The normalized spacial score (nSPS) is 10.5. The van der Waals surface area contributed by atoms with Gasteiger partial charge in [-0.2, -0.15) is 10.2 Å². The van der Waals surface area contributed by atoms with Crippen molar-refractivity contribution in [3.8, 4) is 0 Å². The van der Waals surface area contributed by atoms with Crippen LogP contribution in [-0.2, 0) is 0 Å². The van der Waals surface area contributed by atoms with Crippen LogP contribution in [0.1, 0.15) is 5.56 Å². The Bertz CT molecular complexity index is 385. The van der Waals surface area contributed by atoms with Crippen molar-refractivity contribution >= 4 is 22.4 Å². The van der Waals surface area contributed by atoms with Gasteiger partial charge in [-0.1, -0.05) is 11.6 Å². The number of aryl methyl sites for hydroxylation is 1. The Labute approximate surface area is 75.2 Å². The summed E-state index contributed by atoms with van der Waals surface area (Å²) in [4.78, 5) is 0. The first-order valence-corrected chi connectivity index (χ1v) is 4.02. The molecule has 2 nitrogen and oxygen atoms in total. The summed E-state index contributed by atoms with van der Waals surface area (Å²) in [5, 5.41) is 10.4. The van der Waals surface area contributed by atoms with Gasteiger partial charge in [-0.15, -0.1) is 0 Å². The molecule has 0 saturated carbocycles. The lowest BCUT2D eigenvalue weighted by atomic mass is 10.1. The molecule has 0 atom stereocenters. The summed E-state index contributed by atoms with van der Waals surface area (Å²) in [6, 6.07) is 3.91. The number of hydrogen-bond donors (Lipinski definition) is 0. The Hall–Kier alpha value is -1.15. The fraction of sp³-hybridized carbons (Fsp3) is 0.111. The van der Waals surface area contributed by atoms with Crippen molar-refractivity contribution in [1.29, 1.82) is 0 Å². The van der Waals surface area contributed by atoms with E-state index < -0.39 is 0 Å². The van der Waals surface area contributed by atoms with E-state index in [-0.39, 0.29) is 0 Å². The molecule has 0 amide bonds. The molecule has 0 saturated heterocycles. The maximum absolute atomic E-state index is 5.94. The first kappa shape index (κ1) is 7.50. The van der Waals surface area contributed by atoms with E-state index in [9.17, 15) is 0 Å². The molecule has 2 aromatic rings. The van der Waals surface area contributed by atoms with Gasteiger partial charge in [0.1, 0.15) is 0 Å². The third kappa shape index (κ3) is 1.14. The van der Waals surface area contributed by atoms with E-state index in [4.69, 9.17) is 11.6 Å². The van der Waals surface area contributed by atoms with Crippen molar-refractivity contribution < 1.29 is 0 Å². The Morgan fingerprint density at radius 1 is 1.08 bits per heavy atom. The van der Waals surface area contributed by atoms with E-state index >= 15 is 0 Å². The number of nitrogens with zero attached hydrogens (tertiary/aromatic N) is 2. The first-order chi connectivity index (χ1) is 5.77. The van der Waals surface area contributed by atoms with Gasteiger partial charge in [0.2, 0.25) is 0 Å². The average molecular weight is 179 g/mol. The second-order valence-electron chi connectivity index (χ2n) is 2.72. The fourth-order valence-corrected chi connectivity index (χ4v) is 1.31. The van der Waals surface area contributed by atoms with Gasteiger partial charge in [-0.3, -0.25) is 0 Å². The summed E-state index contributed by atoms with van der Waals surface area (Å²) in [5.74, 6) is 0. The SMILES string of the molecule is Cc1cc2cnncc2cc1Cl. The van der Waals surface area contributed by atoms with E-state index in [1.165, 1.54) is 0 Å². The summed E-state index contributed by atoms with van der Waals surface area (Å²) >= 11 is 5.94. The lowest BCUT2D eigenvalue weighted by molar-refractivity contribution is 1.05. The largest absolute Gasteiger partial charge is 0.158 e. The maximum Gasteiger partial charge on any atom is 0.0575 e. The van der Waals surface area contributed by atoms with Crippen molar-refractivity contribution in [3.05, 3.63) is 35.1 Å². The number of fused-ring (bicyclic) bond motifs is 1. The number of aromatic nitrogens is 2. The van der Waals surface area contributed by atoms with Crippen LogP contribution in [0.15, 0.2) is 24.5 Å². The molecule has 60 valence electrons. The lowest BCUT2D eigenvalue weighted by Crippen LogP contribution is -1.82. The number of benzene rings is 1. The highest BCUT2D eigenvalue weighted by molar-refractivity contribution is 6.32. The van der Waals surface area contributed by atoms with Crippen LogP contribution in [0, 0.1) is 6.92 Å².